The molecule has 3 aromatic rings. The normalized spacial score (nSPS) is 10.6. The van der Waals surface area contributed by atoms with Gasteiger partial charge in [-0.15, -0.1) is 0 Å². The topological polar surface area (TPSA) is 40.8 Å². The molecule has 2 aromatic carbocycles. The first-order valence-electron chi connectivity index (χ1n) is 6.54. The maximum absolute atomic E-state index is 5.62. The van der Waals surface area contributed by atoms with Gasteiger partial charge in [0.05, 0.1) is 27.6 Å². The van der Waals surface area contributed by atoms with Gasteiger partial charge in [-0.3, -0.25) is 0 Å². The lowest BCUT2D eigenvalue weighted by molar-refractivity contribution is 0.355. The van der Waals surface area contributed by atoms with Crippen molar-refractivity contribution in [2.45, 2.75) is 0 Å². The maximum atomic E-state index is 5.62. The van der Waals surface area contributed by atoms with Gasteiger partial charge in [0.2, 0.25) is 0 Å². The lowest BCUT2D eigenvalue weighted by Gasteiger charge is -2.09. The van der Waals surface area contributed by atoms with E-state index in [9.17, 15) is 0 Å². The molecule has 0 unspecified atom stereocenters. The van der Waals surface area contributed by atoms with E-state index >= 15 is 0 Å². The highest BCUT2D eigenvalue weighted by Crippen LogP contribution is 2.37. The van der Waals surface area contributed by atoms with Crippen molar-refractivity contribution in [3.8, 4) is 28.4 Å². The predicted octanol–water partition coefficient (Wildman–Crippen LogP) is 4.13. The van der Waals surface area contributed by atoms with Crippen LogP contribution in [-0.4, -0.2) is 21.3 Å². The Hall–Kier alpha value is -2.62. The third kappa shape index (κ3) is 2.29. The fourth-order valence-electron chi connectivity index (χ4n) is 2.36. The van der Waals surface area contributed by atoms with Crippen LogP contribution in [-0.2, 0) is 0 Å². The molecule has 1 heterocycles. The van der Waals surface area contributed by atoms with Crippen molar-refractivity contribution in [2.75, 3.05) is 21.3 Å². The van der Waals surface area contributed by atoms with Crippen molar-refractivity contribution in [1.29, 1.82) is 0 Å². The lowest BCUT2D eigenvalue weighted by atomic mass is 10.0. The zero-order valence-corrected chi connectivity index (χ0v) is 12.2. The molecule has 0 spiro atoms. The highest BCUT2D eigenvalue weighted by atomic mass is 16.5. The highest BCUT2D eigenvalue weighted by molar-refractivity contribution is 5.94. The molecule has 3 rings (SSSR count). The first kappa shape index (κ1) is 13.4. The van der Waals surface area contributed by atoms with Crippen molar-refractivity contribution < 1.29 is 18.6 Å². The van der Waals surface area contributed by atoms with Crippen LogP contribution in [0.25, 0.3) is 22.1 Å². The minimum Gasteiger partial charge on any atom is -0.497 e. The minimum absolute atomic E-state index is 0.692. The lowest BCUT2D eigenvalue weighted by Crippen LogP contribution is -1.90. The molecule has 4 heteroatoms. The molecule has 0 aliphatic heterocycles. The molecule has 108 valence electrons. The average molecular weight is 284 g/mol. The summed E-state index contributed by atoms with van der Waals surface area (Å²) in [5.41, 5.74) is 2.81. The van der Waals surface area contributed by atoms with Crippen molar-refractivity contribution in [3.63, 3.8) is 0 Å². The summed E-state index contributed by atoms with van der Waals surface area (Å²) in [6.45, 7) is 0. The van der Waals surface area contributed by atoms with E-state index in [1.165, 1.54) is 0 Å². The van der Waals surface area contributed by atoms with Gasteiger partial charge in [-0.2, -0.15) is 0 Å². The Labute approximate surface area is 122 Å². The van der Waals surface area contributed by atoms with Gasteiger partial charge in [-0.25, -0.2) is 0 Å². The molecule has 0 amide bonds. The van der Waals surface area contributed by atoms with Crippen LogP contribution in [0.15, 0.2) is 47.1 Å². The Balaban J connectivity index is 2.12. The van der Waals surface area contributed by atoms with Crippen LogP contribution in [0.3, 0.4) is 0 Å². The van der Waals surface area contributed by atoms with Crippen LogP contribution in [0.2, 0.25) is 0 Å². The summed E-state index contributed by atoms with van der Waals surface area (Å²) in [5.74, 6) is 2.17. The van der Waals surface area contributed by atoms with E-state index in [-0.39, 0.29) is 0 Å². The molecular weight excluding hydrogens is 268 g/mol. The molecule has 21 heavy (non-hydrogen) atoms. The number of ether oxygens (including phenoxy) is 3. The zero-order chi connectivity index (χ0) is 14.8. The first-order valence-corrected chi connectivity index (χ1v) is 6.54. The molecule has 0 atom stereocenters. The van der Waals surface area contributed by atoms with Gasteiger partial charge >= 0.3 is 0 Å². The maximum Gasteiger partial charge on any atom is 0.161 e. The molecule has 0 bridgehead atoms. The van der Waals surface area contributed by atoms with Gasteiger partial charge in [0.1, 0.15) is 11.3 Å². The Morgan fingerprint density at radius 3 is 2.33 bits per heavy atom. The molecule has 1 aromatic heterocycles. The van der Waals surface area contributed by atoms with E-state index in [2.05, 4.69) is 0 Å². The predicted molar refractivity (Wildman–Crippen MR) is 81.3 cm³/mol. The van der Waals surface area contributed by atoms with E-state index in [0.717, 1.165) is 27.8 Å². The number of methoxy groups -OCH3 is 3. The highest BCUT2D eigenvalue weighted by Gasteiger charge is 2.12. The van der Waals surface area contributed by atoms with Gasteiger partial charge in [0, 0.05) is 17.0 Å². The summed E-state index contributed by atoms with van der Waals surface area (Å²) in [4.78, 5) is 0. The quantitative estimate of drug-likeness (QED) is 0.722. The summed E-state index contributed by atoms with van der Waals surface area (Å²) < 4.78 is 21.4. The second kappa shape index (κ2) is 5.40. The summed E-state index contributed by atoms with van der Waals surface area (Å²) in [5, 5.41) is 1.03. The number of hydrogen-bond donors (Lipinski definition) is 0. The molecule has 0 N–H and O–H groups in total. The summed E-state index contributed by atoms with van der Waals surface area (Å²) >= 11 is 0. The third-order valence-corrected chi connectivity index (χ3v) is 3.48. The minimum atomic E-state index is 0.692. The zero-order valence-electron chi connectivity index (χ0n) is 12.2. The van der Waals surface area contributed by atoms with Crippen LogP contribution in [0, 0.1) is 0 Å². The molecular formula is C17H16O4. The number of furan rings is 1. The molecule has 0 radical (unpaired) electrons. The Morgan fingerprint density at radius 1 is 0.810 bits per heavy atom. The average Bonchev–Trinajstić information content (AvgIpc) is 2.97. The molecule has 4 nitrogen and oxygen atoms in total. The summed E-state index contributed by atoms with van der Waals surface area (Å²) in [7, 11) is 4.89. The second-order valence-electron chi connectivity index (χ2n) is 4.58. The van der Waals surface area contributed by atoms with Crippen molar-refractivity contribution in [2.24, 2.45) is 0 Å². The summed E-state index contributed by atoms with van der Waals surface area (Å²) in [6, 6.07) is 11.6. The van der Waals surface area contributed by atoms with Crippen molar-refractivity contribution >= 4 is 11.0 Å². The Kier molecular flexibility index (Phi) is 3.44. The number of rotatable bonds is 4. The van der Waals surface area contributed by atoms with Gasteiger partial charge < -0.3 is 18.6 Å². The van der Waals surface area contributed by atoms with Crippen LogP contribution < -0.4 is 14.2 Å². The van der Waals surface area contributed by atoms with Crippen LogP contribution in [0.5, 0.6) is 17.2 Å². The smallest absolute Gasteiger partial charge is 0.161 e. The van der Waals surface area contributed by atoms with Gasteiger partial charge in [0.15, 0.2) is 11.5 Å². The Morgan fingerprint density at radius 2 is 1.62 bits per heavy atom. The van der Waals surface area contributed by atoms with E-state index in [1.807, 2.05) is 36.4 Å². The Bertz CT molecular complexity index is 774. The van der Waals surface area contributed by atoms with E-state index in [4.69, 9.17) is 18.6 Å². The third-order valence-electron chi connectivity index (χ3n) is 3.48. The van der Waals surface area contributed by atoms with Crippen molar-refractivity contribution in [3.05, 3.63) is 42.7 Å². The summed E-state index contributed by atoms with van der Waals surface area (Å²) in [6.07, 6.45) is 1.74. The number of hydrogen-bond acceptors (Lipinski definition) is 4. The SMILES string of the molecule is COc1ccc2c(-c3ccc(OC)c(OC)c3)coc2c1. The van der Waals surface area contributed by atoms with Crippen LogP contribution in [0.1, 0.15) is 0 Å². The van der Waals surface area contributed by atoms with Gasteiger partial charge in [-0.1, -0.05) is 6.07 Å². The number of fused-ring (bicyclic) bond motifs is 1. The van der Waals surface area contributed by atoms with Crippen LogP contribution >= 0.6 is 0 Å². The fraction of sp³-hybridized carbons (Fsp3) is 0.176. The molecule has 0 aliphatic rings. The van der Waals surface area contributed by atoms with Gasteiger partial charge in [0.25, 0.3) is 0 Å². The standard InChI is InChI=1S/C17H16O4/c1-18-12-5-6-13-14(10-21-16(13)9-12)11-4-7-15(19-2)17(8-11)20-3/h4-10H,1-3H3. The monoisotopic (exact) mass is 284 g/mol. The van der Waals surface area contributed by atoms with Gasteiger partial charge in [-0.05, 0) is 29.8 Å². The molecule has 0 fully saturated rings. The first-order chi connectivity index (χ1) is 10.3. The molecule has 0 aliphatic carbocycles. The second-order valence-corrected chi connectivity index (χ2v) is 4.58. The van der Waals surface area contributed by atoms with Crippen LogP contribution in [0.4, 0.5) is 0 Å². The largest absolute Gasteiger partial charge is 0.497 e. The van der Waals surface area contributed by atoms with Crippen molar-refractivity contribution in [1.82, 2.24) is 0 Å². The number of benzene rings is 2. The van der Waals surface area contributed by atoms with E-state index < -0.39 is 0 Å². The van der Waals surface area contributed by atoms with E-state index in [1.54, 1.807) is 27.6 Å². The van der Waals surface area contributed by atoms with E-state index in [0.29, 0.717) is 11.5 Å². The fourth-order valence-corrected chi connectivity index (χ4v) is 2.36. The molecule has 0 saturated carbocycles. The molecule has 0 saturated heterocycles.